The Labute approximate surface area is 168 Å². The second kappa shape index (κ2) is 9.74. The highest BCUT2D eigenvalue weighted by Gasteiger charge is 2.11. The lowest BCUT2D eigenvalue weighted by Gasteiger charge is -2.21. The zero-order valence-corrected chi connectivity index (χ0v) is 16.9. The molecule has 2 aromatic carbocycles. The van der Waals surface area contributed by atoms with E-state index in [0.717, 1.165) is 13.1 Å². The molecule has 3 aromatic rings. The van der Waals surface area contributed by atoms with Crippen LogP contribution in [-0.4, -0.2) is 22.5 Å². The molecule has 5 heteroatoms. The van der Waals surface area contributed by atoms with E-state index in [-0.39, 0.29) is 6.42 Å². The van der Waals surface area contributed by atoms with Crippen molar-refractivity contribution in [2.75, 3.05) is 6.54 Å². The number of hydrogen-bond donors (Lipinski definition) is 1. The van der Waals surface area contributed by atoms with Gasteiger partial charge in [0.15, 0.2) is 0 Å². The number of carbonyl (C=O) groups is 1. The Morgan fingerprint density at radius 2 is 1.81 bits per heavy atom. The van der Waals surface area contributed by atoms with Crippen LogP contribution in [-0.2, 0) is 17.9 Å². The summed E-state index contributed by atoms with van der Waals surface area (Å²) in [5.74, 6) is -0.754. The van der Waals surface area contributed by atoms with Gasteiger partial charge in [0.05, 0.1) is 6.42 Å². The zero-order chi connectivity index (χ0) is 19.1. The molecule has 140 valence electrons. The third kappa shape index (κ3) is 6.54. The number of aliphatic carboxylic acids is 1. The van der Waals surface area contributed by atoms with Crippen LogP contribution in [0.4, 0.5) is 0 Å². The van der Waals surface area contributed by atoms with E-state index < -0.39 is 5.97 Å². The first-order valence-corrected chi connectivity index (χ1v) is 10.6. The van der Waals surface area contributed by atoms with Crippen LogP contribution in [0.25, 0.3) is 0 Å². The minimum atomic E-state index is -0.754. The number of thiophene rings is 1. The molecule has 0 amide bonds. The fraction of sp³-hybridized carbons (Fsp3) is 0.227. The maximum absolute atomic E-state index is 11.0. The summed E-state index contributed by atoms with van der Waals surface area (Å²) in [5, 5.41) is 11.2. The summed E-state index contributed by atoms with van der Waals surface area (Å²) in [7, 11) is 0. The van der Waals surface area contributed by atoms with Gasteiger partial charge >= 0.3 is 5.97 Å². The largest absolute Gasteiger partial charge is 0.481 e. The van der Waals surface area contributed by atoms with Crippen LogP contribution in [0, 0.1) is 6.92 Å². The summed E-state index contributed by atoms with van der Waals surface area (Å²) < 4.78 is 0. The van der Waals surface area contributed by atoms with Gasteiger partial charge < -0.3 is 5.11 Å². The average molecular weight is 398 g/mol. The highest BCUT2D eigenvalue weighted by molar-refractivity contribution is 7.99. The van der Waals surface area contributed by atoms with Crippen LogP contribution in [0.2, 0.25) is 0 Å². The molecule has 1 aromatic heterocycles. The molecule has 27 heavy (non-hydrogen) atoms. The Hall–Kier alpha value is -2.08. The third-order valence-corrected chi connectivity index (χ3v) is 6.13. The molecule has 0 atom stereocenters. The molecular formula is C22H23NO2S2. The molecule has 3 rings (SSSR count). The molecule has 0 saturated heterocycles. The van der Waals surface area contributed by atoms with Crippen LogP contribution in [0.1, 0.15) is 22.4 Å². The Kier molecular flexibility index (Phi) is 7.10. The molecule has 0 aliphatic heterocycles. The van der Waals surface area contributed by atoms with Crippen molar-refractivity contribution in [3.63, 3.8) is 0 Å². The monoisotopic (exact) mass is 397 g/mol. The van der Waals surface area contributed by atoms with Gasteiger partial charge in [-0.1, -0.05) is 42.1 Å². The maximum Gasteiger partial charge on any atom is 0.304 e. The van der Waals surface area contributed by atoms with Crippen molar-refractivity contribution in [1.29, 1.82) is 0 Å². The minimum absolute atomic E-state index is 0.156. The average Bonchev–Trinajstić information content (AvgIpc) is 3.06. The lowest BCUT2D eigenvalue weighted by atomic mass is 10.2. The van der Waals surface area contributed by atoms with Crippen molar-refractivity contribution in [2.45, 2.75) is 36.2 Å². The van der Waals surface area contributed by atoms with Crippen LogP contribution in [0.3, 0.4) is 0 Å². The van der Waals surface area contributed by atoms with Gasteiger partial charge in [0.1, 0.15) is 0 Å². The first-order valence-electron chi connectivity index (χ1n) is 8.88. The van der Waals surface area contributed by atoms with Crippen molar-refractivity contribution < 1.29 is 9.90 Å². The van der Waals surface area contributed by atoms with Crippen LogP contribution in [0.15, 0.2) is 75.8 Å². The number of rotatable bonds is 9. The topological polar surface area (TPSA) is 40.5 Å². The smallest absolute Gasteiger partial charge is 0.304 e. The van der Waals surface area contributed by atoms with E-state index in [1.165, 1.54) is 25.8 Å². The molecular weight excluding hydrogens is 374 g/mol. The van der Waals surface area contributed by atoms with Gasteiger partial charge in [0, 0.05) is 34.3 Å². The van der Waals surface area contributed by atoms with E-state index in [4.69, 9.17) is 5.11 Å². The first-order chi connectivity index (χ1) is 13.1. The predicted octanol–water partition coefficient (Wildman–Crippen LogP) is 5.68. The zero-order valence-electron chi connectivity index (χ0n) is 15.3. The molecule has 3 nitrogen and oxygen atoms in total. The predicted molar refractivity (Wildman–Crippen MR) is 112 cm³/mol. The summed E-state index contributed by atoms with van der Waals surface area (Å²) in [5.41, 5.74) is 2.46. The summed E-state index contributed by atoms with van der Waals surface area (Å²) in [6.07, 6.45) is 0.156. The molecule has 1 N–H and O–H groups in total. The summed E-state index contributed by atoms with van der Waals surface area (Å²) in [6.45, 7) is 4.16. The molecule has 0 saturated carbocycles. The van der Waals surface area contributed by atoms with E-state index in [1.807, 2.05) is 18.2 Å². The first kappa shape index (κ1) is 19.7. The molecule has 0 aliphatic carbocycles. The van der Waals surface area contributed by atoms with E-state index >= 15 is 0 Å². The SMILES string of the molecule is Cc1csc(CN(CCC(=O)O)Cc2cccc(Sc3ccccc3)c2)c1. The van der Waals surface area contributed by atoms with Gasteiger partial charge in [-0.2, -0.15) is 0 Å². The Bertz CT molecular complexity index is 877. The molecule has 0 unspecified atom stereocenters. The van der Waals surface area contributed by atoms with E-state index in [0.29, 0.717) is 6.54 Å². The number of aryl methyl sites for hydroxylation is 1. The maximum atomic E-state index is 11.0. The minimum Gasteiger partial charge on any atom is -0.481 e. The van der Waals surface area contributed by atoms with Crippen LogP contribution < -0.4 is 0 Å². The van der Waals surface area contributed by atoms with Crippen molar-refractivity contribution in [2.24, 2.45) is 0 Å². The van der Waals surface area contributed by atoms with Crippen LogP contribution in [0.5, 0.6) is 0 Å². The van der Waals surface area contributed by atoms with Gasteiger partial charge in [0.25, 0.3) is 0 Å². The van der Waals surface area contributed by atoms with E-state index in [1.54, 1.807) is 23.1 Å². The number of benzene rings is 2. The van der Waals surface area contributed by atoms with Crippen molar-refractivity contribution >= 4 is 29.1 Å². The molecule has 1 heterocycles. The fourth-order valence-corrected chi connectivity index (χ4v) is 4.69. The van der Waals surface area contributed by atoms with Gasteiger partial charge in [-0.25, -0.2) is 0 Å². The second-order valence-corrected chi connectivity index (χ2v) is 8.65. The summed E-state index contributed by atoms with van der Waals surface area (Å²) in [4.78, 5) is 16.9. The quantitative estimate of drug-likeness (QED) is 0.504. The Morgan fingerprint density at radius 3 is 2.52 bits per heavy atom. The number of nitrogens with zero attached hydrogens (tertiary/aromatic N) is 1. The summed E-state index contributed by atoms with van der Waals surface area (Å²) >= 11 is 3.48. The summed E-state index contributed by atoms with van der Waals surface area (Å²) in [6, 6.07) is 21.0. The second-order valence-electron chi connectivity index (χ2n) is 6.51. The third-order valence-electron chi connectivity index (χ3n) is 4.09. The van der Waals surface area contributed by atoms with Crippen LogP contribution >= 0.6 is 23.1 Å². The Morgan fingerprint density at radius 1 is 1.04 bits per heavy atom. The molecule has 0 aliphatic rings. The highest BCUT2D eigenvalue weighted by atomic mass is 32.2. The fourth-order valence-electron chi connectivity index (χ4n) is 2.85. The molecule has 0 spiro atoms. The number of hydrogen-bond acceptors (Lipinski definition) is 4. The molecule has 0 bridgehead atoms. The van der Waals surface area contributed by atoms with Gasteiger partial charge in [-0.15, -0.1) is 11.3 Å². The normalized spacial score (nSPS) is 11.0. The van der Waals surface area contributed by atoms with Gasteiger partial charge in [-0.05, 0) is 53.8 Å². The van der Waals surface area contributed by atoms with Gasteiger partial charge in [-0.3, -0.25) is 9.69 Å². The van der Waals surface area contributed by atoms with E-state index in [9.17, 15) is 4.79 Å². The van der Waals surface area contributed by atoms with Crippen molar-refractivity contribution in [1.82, 2.24) is 4.90 Å². The number of carboxylic acid groups (broad SMARTS) is 1. The number of carboxylic acids is 1. The highest BCUT2D eigenvalue weighted by Crippen LogP contribution is 2.28. The molecule has 0 fully saturated rings. The molecule has 0 radical (unpaired) electrons. The van der Waals surface area contributed by atoms with E-state index in [2.05, 4.69) is 59.7 Å². The lowest BCUT2D eigenvalue weighted by molar-refractivity contribution is -0.137. The van der Waals surface area contributed by atoms with Gasteiger partial charge in [0.2, 0.25) is 0 Å². The van der Waals surface area contributed by atoms with Crippen molar-refractivity contribution in [3.8, 4) is 0 Å². The standard InChI is InChI=1S/C22H23NO2S2/c1-17-12-21(26-16-17)15-23(11-10-22(24)25)14-18-6-5-9-20(13-18)27-19-7-3-2-4-8-19/h2-9,12-13,16H,10-11,14-15H2,1H3,(H,24,25). The van der Waals surface area contributed by atoms with Crippen molar-refractivity contribution in [3.05, 3.63) is 82.0 Å². The Balaban J connectivity index is 1.70. The lowest BCUT2D eigenvalue weighted by Crippen LogP contribution is -2.25.